The van der Waals surface area contributed by atoms with Gasteiger partial charge in [-0.25, -0.2) is 9.79 Å². The van der Waals surface area contributed by atoms with Crippen LogP contribution in [0, 0.1) is 11.8 Å². The molecule has 0 saturated heterocycles. The summed E-state index contributed by atoms with van der Waals surface area (Å²) in [4.78, 5) is 39.3. The molecule has 13 heteroatoms. The largest absolute Gasteiger partial charge is 0.493 e. The SMILES string of the molecule is COc1ccc(CC(=O)NC(N)=N[C@H](CC2CCCCC2)C(=O)CC2CCC(O)CC2)cc1OC.O=C(O)C(F)(F)F. The fraction of sp³-hybridized carbons (Fsp3) is 0.655. The predicted octanol–water partition coefficient (Wildman–Crippen LogP) is 4.16. The van der Waals surface area contributed by atoms with Crippen LogP contribution >= 0.6 is 0 Å². The maximum Gasteiger partial charge on any atom is 0.490 e. The van der Waals surface area contributed by atoms with Crippen molar-refractivity contribution < 1.29 is 47.2 Å². The Labute approximate surface area is 243 Å². The summed E-state index contributed by atoms with van der Waals surface area (Å²) in [5.74, 6) is -1.09. The maximum absolute atomic E-state index is 13.2. The van der Waals surface area contributed by atoms with Gasteiger partial charge in [-0.15, -0.1) is 0 Å². The van der Waals surface area contributed by atoms with Crippen LogP contribution in [-0.2, 0) is 20.8 Å². The van der Waals surface area contributed by atoms with Crippen molar-refractivity contribution in [2.24, 2.45) is 22.6 Å². The van der Waals surface area contributed by atoms with E-state index in [1.54, 1.807) is 32.4 Å². The highest BCUT2D eigenvalue weighted by Gasteiger charge is 2.38. The van der Waals surface area contributed by atoms with Crippen molar-refractivity contribution in [3.05, 3.63) is 23.8 Å². The summed E-state index contributed by atoms with van der Waals surface area (Å²) in [6, 6.07) is 4.76. The zero-order chi connectivity index (χ0) is 31.3. The Balaban J connectivity index is 0.000000782. The normalized spacial score (nSPS) is 20.5. The van der Waals surface area contributed by atoms with Crippen LogP contribution in [-0.4, -0.2) is 66.4 Å². The van der Waals surface area contributed by atoms with Crippen LogP contribution in [0.1, 0.15) is 76.2 Å². The number of Topliss-reactive ketones (excluding diaryl/α,β-unsaturated/α-hetero) is 1. The van der Waals surface area contributed by atoms with Gasteiger partial charge in [0.25, 0.3) is 0 Å². The Hall–Kier alpha value is -3.35. The van der Waals surface area contributed by atoms with Crippen LogP contribution in [0.5, 0.6) is 11.5 Å². The van der Waals surface area contributed by atoms with Gasteiger partial charge in [0.1, 0.15) is 6.04 Å². The molecular formula is C29H42F3N3O7. The molecule has 42 heavy (non-hydrogen) atoms. The van der Waals surface area contributed by atoms with Crippen molar-refractivity contribution in [2.75, 3.05) is 14.2 Å². The number of carboxylic acid groups (broad SMARTS) is 1. The second-order valence-corrected chi connectivity index (χ2v) is 10.8. The average molecular weight is 602 g/mol. The minimum atomic E-state index is -5.08. The van der Waals surface area contributed by atoms with E-state index in [0.717, 1.165) is 44.1 Å². The molecule has 1 amide bonds. The standard InChI is InChI=1S/C27H41N3O5.C2HF3O2/c1-34-24-13-10-20(16-25(24)35-2)17-26(33)30-27(28)29-22(14-18-6-4-3-5-7-18)23(32)15-19-8-11-21(31)12-9-19;3-2(4,5)1(6)7/h10,13,16,18-19,21-22,31H,3-9,11-12,14-15,17H2,1-2H3,(H3,28,29,30,33);(H,6,7)/t19?,21?,22-;/m1./s1. The van der Waals surface area contributed by atoms with Crippen molar-refractivity contribution in [2.45, 2.75) is 95.4 Å². The highest BCUT2D eigenvalue weighted by Crippen LogP contribution is 2.31. The first-order chi connectivity index (χ1) is 19.8. The highest BCUT2D eigenvalue weighted by atomic mass is 19.4. The molecule has 1 atom stereocenters. The molecule has 1 aromatic carbocycles. The molecule has 0 aliphatic heterocycles. The van der Waals surface area contributed by atoms with Gasteiger partial charge in [0.2, 0.25) is 5.91 Å². The van der Waals surface area contributed by atoms with Gasteiger partial charge in [0, 0.05) is 6.42 Å². The molecule has 2 fully saturated rings. The second kappa shape index (κ2) is 16.9. The summed E-state index contributed by atoms with van der Waals surface area (Å²) < 4.78 is 42.3. The smallest absolute Gasteiger partial charge is 0.490 e. The number of aliphatic imine (C=N–C) groups is 1. The number of rotatable bonds is 10. The number of aliphatic carboxylic acids is 1. The van der Waals surface area contributed by atoms with Crippen LogP contribution in [0.2, 0.25) is 0 Å². The van der Waals surface area contributed by atoms with Crippen LogP contribution in [0.4, 0.5) is 13.2 Å². The van der Waals surface area contributed by atoms with Crippen LogP contribution in [0.15, 0.2) is 23.2 Å². The number of carboxylic acids is 1. The monoisotopic (exact) mass is 601 g/mol. The second-order valence-electron chi connectivity index (χ2n) is 10.8. The van der Waals surface area contributed by atoms with Crippen molar-refractivity contribution in [3.8, 4) is 11.5 Å². The van der Waals surface area contributed by atoms with Crippen molar-refractivity contribution in [1.29, 1.82) is 0 Å². The van der Waals surface area contributed by atoms with E-state index in [9.17, 15) is 27.9 Å². The van der Waals surface area contributed by atoms with Crippen molar-refractivity contribution in [1.82, 2.24) is 5.32 Å². The predicted molar refractivity (Wildman–Crippen MR) is 149 cm³/mol. The van der Waals surface area contributed by atoms with Gasteiger partial charge in [0.05, 0.1) is 26.7 Å². The number of amides is 1. The number of methoxy groups -OCH3 is 2. The molecule has 3 rings (SSSR count). The molecule has 236 valence electrons. The van der Waals surface area contributed by atoms with E-state index in [0.29, 0.717) is 30.3 Å². The lowest BCUT2D eigenvalue weighted by atomic mass is 9.80. The number of hydrogen-bond donors (Lipinski definition) is 4. The van der Waals surface area contributed by atoms with Crippen LogP contribution in [0.25, 0.3) is 0 Å². The van der Waals surface area contributed by atoms with Gasteiger partial charge in [-0.05, 0) is 61.6 Å². The first-order valence-electron chi connectivity index (χ1n) is 14.2. The van der Waals surface area contributed by atoms with Crippen LogP contribution in [0.3, 0.4) is 0 Å². The molecule has 2 aliphatic carbocycles. The number of aliphatic hydroxyl groups excluding tert-OH is 1. The van der Waals surface area contributed by atoms with E-state index in [4.69, 9.17) is 25.1 Å². The van der Waals surface area contributed by atoms with E-state index < -0.39 is 18.2 Å². The molecule has 0 spiro atoms. The lowest BCUT2D eigenvalue weighted by Crippen LogP contribution is -2.40. The third-order valence-electron chi connectivity index (χ3n) is 7.58. The summed E-state index contributed by atoms with van der Waals surface area (Å²) in [6.45, 7) is 0. The van der Waals surface area contributed by atoms with Gasteiger partial charge >= 0.3 is 12.1 Å². The fourth-order valence-electron chi connectivity index (χ4n) is 5.33. The van der Waals surface area contributed by atoms with Gasteiger partial charge in [-0.2, -0.15) is 13.2 Å². The summed E-state index contributed by atoms with van der Waals surface area (Å²) in [7, 11) is 3.11. The molecule has 0 unspecified atom stereocenters. The Bertz CT molecular complexity index is 1070. The lowest BCUT2D eigenvalue weighted by molar-refractivity contribution is -0.192. The molecule has 1 aromatic rings. The zero-order valence-corrected chi connectivity index (χ0v) is 24.1. The number of nitrogens with zero attached hydrogens (tertiary/aromatic N) is 1. The van der Waals surface area contributed by atoms with E-state index in [-0.39, 0.29) is 36.1 Å². The molecule has 0 bridgehead atoms. The van der Waals surface area contributed by atoms with Gasteiger partial charge in [0.15, 0.2) is 23.2 Å². The highest BCUT2D eigenvalue weighted by molar-refractivity contribution is 5.98. The number of guanidine groups is 1. The Morgan fingerprint density at radius 3 is 2.14 bits per heavy atom. The number of halogens is 3. The van der Waals surface area contributed by atoms with Gasteiger partial charge in [-0.1, -0.05) is 38.2 Å². The number of alkyl halides is 3. The zero-order valence-electron chi connectivity index (χ0n) is 24.1. The molecule has 0 radical (unpaired) electrons. The number of aliphatic hydroxyl groups is 1. The van der Waals surface area contributed by atoms with Crippen molar-refractivity contribution in [3.63, 3.8) is 0 Å². The Morgan fingerprint density at radius 1 is 1.00 bits per heavy atom. The number of nitrogens with two attached hydrogens (primary N) is 1. The number of nitrogens with one attached hydrogen (secondary N) is 1. The minimum Gasteiger partial charge on any atom is -0.493 e. The first kappa shape index (κ1) is 34.8. The first-order valence-corrected chi connectivity index (χ1v) is 14.2. The molecule has 2 saturated carbocycles. The summed E-state index contributed by atoms with van der Waals surface area (Å²) in [6.07, 6.45) is 5.00. The third-order valence-corrected chi connectivity index (χ3v) is 7.58. The lowest BCUT2D eigenvalue weighted by Gasteiger charge is -2.27. The molecule has 2 aliphatic rings. The van der Waals surface area contributed by atoms with Gasteiger partial charge < -0.3 is 25.4 Å². The number of benzene rings is 1. The van der Waals surface area contributed by atoms with Gasteiger partial charge in [-0.3, -0.25) is 14.9 Å². The Kier molecular flexibility index (Phi) is 14.1. The third kappa shape index (κ3) is 12.3. The number of carbonyl (C=O) groups excluding carboxylic acids is 2. The molecule has 0 aromatic heterocycles. The maximum atomic E-state index is 13.2. The van der Waals surface area contributed by atoms with E-state index in [2.05, 4.69) is 10.3 Å². The minimum absolute atomic E-state index is 0.0105. The molecule has 0 heterocycles. The number of carbonyl (C=O) groups is 3. The van der Waals surface area contributed by atoms with Crippen LogP contribution < -0.4 is 20.5 Å². The van der Waals surface area contributed by atoms with Crippen molar-refractivity contribution >= 4 is 23.6 Å². The topological polar surface area (TPSA) is 161 Å². The summed E-state index contributed by atoms with van der Waals surface area (Å²) in [5.41, 5.74) is 6.87. The fourth-order valence-corrected chi connectivity index (χ4v) is 5.33. The number of hydrogen-bond acceptors (Lipinski definition) is 7. The number of ketones is 1. The van der Waals surface area contributed by atoms with E-state index in [1.807, 2.05) is 0 Å². The van der Waals surface area contributed by atoms with E-state index >= 15 is 0 Å². The number of ether oxygens (including phenoxy) is 2. The average Bonchev–Trinajstić information content (AvgIpc) is 2.94. The molecule has 10 nitrogen and oxygen atoms in total. The summed E-state index contributed by atoms with van der Waals surface area (Å²) in [5, 5.41) is 19.6. The quantitative estimate of drug-likeness (QED) is 0.230. The molecule has 5 N–H and O–H groups in total. The summed E-state index contributed by atoms with van der Waals surface area (Å²) >= 11 is 0. The molecular weight excluding hydrogens is 559 g/mol. The Morgan fingerprint density at radius 2 is 1.60 bits per heavy atom. The van der Waals surface area contributed by atoms with E-state index in [1.165, 1.54) is 19.3 Å².